The summed E-state index contributed by atoms with van der Waals surface area (Å²) in [4.78, 5) is 5.62. The summed E-state index contributed by atoms with van der Waals surface area (Å²) in [6.07, 6.45) is -3.25. The number of rotatable bonds is 3. The maximum absolute atomic E-state index is 13.4. The van der Waals surface area contributed by atoms with Gasteiger partial charge in [0.15, 0.2) is 5.69 Å². The van der Waals surface area contributed by atoms with Crippen LogP contribution >= 0.6 is 0 Å². The summed E-state index contributed by atoms with van der Waals surface area (Å²) in [7, 11) is 3.84. The van der Waals surface area contributed by atoms with Gasteiger partial charge < -0.3 is 9.47 Å². The lowest BCUT2D eigenvalue weighted by Gasteiger charge is -2.22. The average molecular weight is 321 g/mol. The van der Waals surface area contributed by atoms with Crippen LogP contribution in [-0.4, -0.2) is 34.6 Å². The van der Waals surface area contributed by atoms with Gasteiger partial charge in [-0.1, -0.05) is 18.2 Å². The predicted octanol–water partition coefficient (Wildman–Crippen LogP) is 4.16. The van der Waals surface area contributed by atoms with Gasteiger partial charge in [-0.2, -0.15) is 13.2 Å². The summed E-state index contributed by atoms with van der Waals surface area (Å²) in [5.41, 5.74) is 0.141. The lowest BCUT2D eigenvalue weighted by Crippen LogP contribution is -2.29. The number of fused-ring (bicyclic) bond motifs is 3. The van der Waals surface area contributed by atoms with Crippen molar-refractivity contribution in [2.24, 2.45) is 0 Å². The van der Waals surface area contributed by atoms with E-state index >= 15 is 0 Å². The lowest BCUT2D eigenvalue weighted by molar-refractivity contribution is -0.140. The second-order valence-electron chi connectivity index (χ2n) is 5.99. The van der Waals surface area contributed by atoms with E-state index in [1.54, 1.807) is 10.6 Å². The van der Waals surface area contributed by atoms with Gasteiger partial charge in [-0.3, -0.25) is 0 Å². The molecule has 23 heavy (non-hydrogen) atoms. The number of likely N-dealkylation sites (N-methyl/N-ethyl adjacent to an activating group) is 1. The number of hydrogen-bond donors (Lipinski definition) is 0. The van der Waals surface area contributed by atoms with Crippen molar-refractivity contribution < 1.29 is 13.2 Å². The topological polar surface area (TPSA) is 21.1 Å². The van der Waals surface area contributed by atoms with Crippen molar-refractivity contribution in [3.8, 4) is 0 Å². The van der Waals surface area contributed by atoms with E-state index in [0.29, 0.717) is 11.9 Å². The van der Waals surface area contributed by atoms with Crippen LogP contribution in [0.15, 0.2) is 36.5 Å². The van der Waals surface area contributed by atoms with Gasteiger partial charge in [0.05, 0.1) is 5.52 Å². The third-order valence-corrected chi connectivity index (χ3v) is 4.28. The fraction of sp³-hybridized carbons (Fsp3) is 0.353. The van der Waals surface area contributed by atoms with Crippen LogP contribution in [0.5, 0.6) is 0 Å². The van der Waals surface area contributed by atoms with Gasteiger partial charge in [-0.25, -0.2) is 4.98 Å². The molecule has 6 heteroatoms. The Balaban J connectivity index is 2.37. The van der Waals surface area contributed by atoms with Crippen LogP contribution < -0.4 is 0 Å². The summed E-state index contributed by atoms with van der Waals surface area (Å²) in [6.45, 7) is 2.45. The van der Waals surface area contributed by atoms with Crippen LogP contribution in [0.1, 0.15) is 12.6 Å². The minimum atomic E-state index is -4.48. The van der Waals surface area contributed by atoms with E-state index in [9.17, 15) is 13.2 Å². The molecule has 0 saturated heterocycles. The van der Waals surface area contributed by atoms with Crippen molar-refractivity contribution in [2.45, 2.75) is 25.7 Å². The molecule has 1 aromatic carbocycles. The number of alkyl halides is 3. The minimum Gasteiger partial charge on any atom is -0.337 e. The minimum absolute atomic E-state index is 0.0929. The molecule has 0 radical (unpaired) electrons. The normalized spacial score (nSPS) is 14.0. The van der Waals surface area contributed by atoms with Crippen molar-refractivity contribution in [3.63, 3.8) is 0 Å². The number of pyridine rings is 1. The van der Waals surface area contributed by atoms with E-state index in [2.05, 4.69) is 4.98 Å². The SMILES string of the molecule is CC(Cn1c2ccccc2c2ccnc(C(F)(F)F)c21)N(C)C. The molecule has 3 rings (SSSR count). The monoisotopic (exact) mass is 321 g/mol. The van der Waals surface area contributed by atoms with E-state index in [0.717, 1.165) is 10.9 Å². The van der Waals surface area contributed by atoms with E-state index in [4.69, 9.17) is 0 Å². The molecule has 0 bridgehead atoms. The highest BCUT2D eigenvalue weighted by atomic mass is 19.4. The highest BCUT2D eigenvalue weighted by Crippen LogP contribution is 2.37. The summed E-state index contributed by atoms with van der Waals surface area (Å²) in [5, 5.41) is 1.41. The van der Waals surface area contributed by atoms with Gasteiger partial charge in [0, 0.05) is 35.1 Å². The fourth-order valence-electron chi connectivity index (χ4n) is 2.83. The Hall–Kier alpha value is -2.08. The Kier molecular flexibility index (Phi) is 3.80. The number of benzene rings is 1. The van der Waals surface area contributed by atoms with Crippen LogP contribution in [0.25, 0.3) is 21.8 Å². The fourth-order valence-corrected chi connectivity index (χ4v) is 2.83. The van der Waals surface area contributed by atoms with Gasteiger partial charge in [0.1, 0.15) is 0 Å². The van der Waals surface area contributed by atoms with E-state index in [1.807, 2.05) is 50.2 Å². The molecule has 122 valence electrons. The maximum atomic E-state index is 13.4. The molecule has 1 atom stereocenters. The van der Waals surface area contributed by atoms with Gasteiger partial charge in [0.2, 0.25) is 0 Å². The third-order valence-electron chi connectivity index (χ3n) is 4.28. The molecule has 3 nitrogen and oxygen atoms in total. The summed E-state index contributed by atoms with van der Waals surface area (Å²) < 4.78 is 42.0. The Labute approximate surface area is 132 Å². The van der Waals surface area contributed by atoms with Crippen LogP contribution in [0.3, 0.4) is 0 Å². The molecule has 0 aliphatic rings. The highest BCUT2D eigenvalue weighted by molar-refractivity contribution is 6.08. The average Bonchev–Trinajstić information content (AvgIpc) is 2.81. The molecule has 0 aliphatic heterocycles. The van der Waals surface area contributed by atoms with Crippen molar-refractivity contribution in [1.29, 1.82) is 0 Å². The molecule has 2 heterocycles. The molecule has 0 spiro atoms. The smallest absolute Gasteiger partial charge is 0.337 e. The Morgan fingerprint density at radius 1 is 1.13 bits per heavy atom. The first-order valence-electron chi connectivity index (χ1n) is 7.40. The maximum Gasteiger partial charge on any atom is 0.435 e. The van der Waals surface area contributed by atoms with E-state index in [1.165, 1.54) is 6.20 Å². The van der Waals surface area contributed by atoms with E-state index in [-0.39, 0.29) is 11.6 Å². The highest BCUT2D eigenvalue weighted by Gasteiger charge is 2.36. The van der Waals surface area contributed by atoms with Gasteiger partial charge >= 0.3 is 6.18 Å². The zero-order chi connectivity index (χ0) is 16.8. The van der Waals surface area contributed by atoms with Crippen molar-refractivity contribution >= 4 is 21.8 Å². The number of halogens is 3. The quantitative estimate of drug-likeness (QED) is 0.722. The molecule has 1 unspecified atom stereocenters. The van der Waals surface area contributed by atoms with Crippen molar-refractivity contribution in [1.82, 2.24) is 14.5 Å². The number of aromatic nitrogens is 2. The molecule has 0 saturated carbocycles. The van der Waals surface area contributed by atoms with Gasteiger partial charge in [-0.05, 0) is 33.2 Å². The standard InChI is InChI=1S/C17H18F3N3/c1-11(22(2)3)10-23-14-7-5-4-6-12(14)13-8-9-21-16(15(13)23)17(18,19)20/h4-9,11H,10H2,1-3H3. The summed E-state index contributed by atoms with van der Waals surface area (Å²) >= 11 is 0. The second kappa shape index (κ2) is 5.53. The number of nitrogens with zero attached hydrogens (tertiary/aromatic N) is 3. The Morgan fingerprint density at radius 2 is 1.83 bits per heavy atom. The largest absolute Gasteiger partial charge is 0.435 e. The van der Waals surface area contributed by atoms with Gasteiger partial charge in [0.25, 0.3) is 0 Å². The zero-order valence-electron chi connectivity index (χ0n) is 13.2. The van der Waals surface area contributed by atoms with Crippen molar-refractivity contribution in [3.05, 3.63) is 42.2 Å². The Morgan fingerprint density at radius 3 is 2.48 bits per heavy atom. The van der Waals surface area contributed by atoms with Crippen LogP contribution in [0.4, 0.5) is 13.2 Å². The molecule has 0 amide bonds. The predicted molar refractivity (Wildman–Crippen MR) is 85.4 cm³/mol. The lowest BCUT2D eigenvalue weighted by atomic mass is 10.1. The number of hydrogen-bond acceptors (Lipinski definition) is 2. The molecular formula is C17H18F3N3. The molecule has 0 fully saturated rings. The molecule has 3 aromatic rings. The van der Waals surface area contributed by atoms with Crippen LogP contribution in [-0.2, 0) is 12.7 Å². The first-order chi connectivity index (χ1) is 10.8. The third kappa shape index (κ3) is 2.67. The second-order valence-corrected chi connectivity index (χ2v) is 5.99. The van der Waals surface area contributed by atoms with Crippen LogP contribution in [0.2, 0.25) is 0 Å². The van der Waals surface area contributed by atoms with Crippen molar-refractivity contribution in [2.75, 3.05) is 14.1 Å². The van der Waals surface area contributed by atoms with E-state index < -0.39 is 11.9 Å². The summed E-state index contributed by atoms with van der Waals surface area (Å²) in [5.74, 6) is 0. The first kappa shape index (κ1) is 15.8. The summed E-state index contributed by atoms with van der Waals surface area (Å²) in [6, 6.07) is 9.15. The number of para-hydroxylation sites is 1. The molecular weight excluding hydrogens is 303 g/mol. The zero-order valence-corrected chi connectivity index (χ0v) is 13.2. The first-order valence-corrected chi connectivity index (χ1v) is 7.40. The van der Waals surface area contributed by atoms with Crippen LogP contribution in [0, 0.1) is 0 Å². The molecule has 0 aliphatic carbocycles. The molecule has 0 N–H and O–H groups in total. The van der Waals surface area contributed by atoms with Gasteiger partial charge in [-0.15, -0.1) is 0 Å². The Bertz CT molecular complexity index is 849. The molecule has 2 aromatic heterocycles.